The molecule has 1 amide bonds. The van der Waals surface area contributed by atoms with E-state index in [0.29, 0.717) is 21.6 Å². The van der Waals surface area contributed by atoms with Gasteiger partial charge in [-0.05, 0) is 48.0 Å². The smallest absolute Gasteiger partial charge is 0.269 e. The fourth-order valence-corrected chi connectivity index (χ4v) is 3.03. The minimum Gasteiger partial charge on any atom is -0.481 e. The van der Waals surface area contributed by atoms with Crippen molar-refractivity contribution >= 4 is 33.2 Å². The summed E-state index contributed by atoms with van der Waals surface area (Å²) < 4.78 is 7.75. The predicted octanol–water partition coefficient (Wildman–Crippen LogP) is 3.02. The molecule has 0 spiro atoms. The maximum atomic E-state index is 12.6. The van der Waals surface area contributed by atoms with Crippen LogP contribution in [0.2, 0.25) is 0 Å². The lowest BCUT2D eigenvalue weighted by atomic mass is 10.00. The van der Waals surface area contributed by atoms with Crippen LogP contribution in [0.4, 0.5) is 5.69 Å². The monoisotopic (exact) mass is 389 g/mol. The van der Waals surface area contributed by atoms with E-state index in [1.807, 2.05) is 19.9 Å². The zero-order valence-electron chi connectivity index (χ0n) is 13.5. The quantitative estimate of drug-likeness (QED) is 0.856. The molecule has 0 aliphatic carbocycles. The lowest BCUT2D eigenvalue weighted by Crippen LogP contribution is -2.32. The molecule has 7 heteroatoms. The Labute approximate surface area is 147 Å². The molecule has 2 aromatic rings. The molecule has 2 aromatic heterocycles. The number of carbonyl (C=O) groups is 1. The van der Waals surface area contributed by atoms with Gasteiger partial charge in [-0.2, -0.15) is 0 Å². The lowest BCUT2D eigenvalue weighted by Gasteiger charge is -2.31. The first kappa shape index (κ1) is 16.4. The zero-order chi connectivity index (χ0) is 17.5. The second-order valence-electron chi connectivity index (χ2n) is 6.04. The van der Waals surface area contributed by atoms with Crippen molar-refractivity contribution < 1.29 is 9.53 Å². The van der Waals surface area contributed by atoms with Crippen LogP contribution < -0.4 is 15.6 Å². The van der Waals surface area contributed by atoms with E-state index < -0.39 is 5.60 Å². The lowest BCUT2D eigenvalue weighted by molar-refractivity contribution is -0.114. The summed E-state index contributed by atoms with van der Waals surface area (Å²) in [7, 11) is 0. The summed E-state index contributed by atoms with van der Waals surface area (Å²) in [6, 6.07) is 3.38. The topological polar surface area (TPSA) is 73.2 Å². The van der Waals surface area contributed by atoms with Gasteiger partial charge in [0.2, 0.25) is 5.91 Å². The van der Waals surface area contributed by atoms with E-state index in [1.165, 1.54) is 11.5 Å². The Morgan fingerprint density at radius 3 is 2.88 bits per heavy atom. The maximum Gasteiger partial charge on any atom is 0.269 e. The number of hydrogen-bond acceptors (Lipinski definition) is 4. The number of anilines is 1. The highest BCUT2D eigenvalue weighted by molar-refractivity contribution is 9.10. The van der Waals surface area contributed by atoms with Gasteiger partial charge in [-0.1, -0.05) is 0 Å². The average Bonchev–Trinajstić information content (AvgIpc) is 2.48. The highest BCUT2D eigenvalue weighted by atomic mass is 79.9. The van der Waals surface area contributed by atoms with Gasteiger partial charge in [-0.15, -0.1) is 0 Å². The number of hydrogen-bond donors (Lipinski definition) is 1. The van der Waals surface area contributed by atoms with Crippen molar-refractivity contribution in [1.29, 1.82) is 0 Å². The van der Waals surface area contributed by atoms with E-state index in [-0.39, 0.29) is 11.5 Å². The number of ether oxygens (including phenoxy) is 1. The van der Waals surface area contributed by atoms with Gasteiger partial charge in [0.05, 0.1) is 22.1 Å². The van der Waals surface area contributed by atoms with E-state index in [2.05, 4.69) is 26.2 Å². The predicted molar refractivity (Wildman–Crippen MR) is 95.0 cm³/mol. The largest absolute Gasteiger partial charge is 0.481 e. The molecule has 0 bridgehead atoms. The fourth-order valence-electron chi connectivity index (χ4n) is 2.59. The van der Waals surface area contributed by atoms with Crippen LogP contribution in [0.15, 0.2) is 46.1 Å². The number of halogens is 1. The molecule has 24 heavy (non-hydrogen) atoms. The molecular weight excluding hydrogens is 374 g/mol. The van der Waals surface area contributed by atoms with Crippen LogP contribution in [0.3, 0.4) is 0 Å². The van der Waals surface area contributed by atoms with Gasteiger partial charge >= 0.3 is 0 Å². The summed E-state index contributed by atoms with van der Waals surface area (Å²) in [6.45, 7) is 5.22. The van der Waals surface area contributed by atoms with Crippen LogP contribution in [0.5, 0.6) is 5.75 Å². The minimum absolute atomic E-state index is 0.210. The van der Waals surface area contributed by atoms with Gasteiger partial charge in [0.25, 0.3) is 5.56 Å². The van der Waals surface area contributed by atoms with Gasteiger partial charge in [0.1, 0.15) is 11.4 Å². The number of rotatable bonds is 2. The van der Waals surface area contributed by atoms with Crippen LogP contribution in [0, 0.1) is 0 Å². The van der Waals surface area contributed by atoms with Crippen LogP contribution in [0.25, 0.3) is 5.70 Å². The molecule has 0 fully saturated rings. The van der Waals surface area contributed by atoms with Crippen LogP contribution >= 0.6 is 15.9 Å². The van der Waals surface area contributed by atoms with Crippen LogP contribution in [-0.4, -0.2) is 21.1 Å². The Bertz CT molecular complexity index is 916. The van der Waals surface area contributed by atoms with Crippen molar-refractivity contribution in [3.05, 3.63) is 57.2 Å². The summed E-state index contributed by atoms with van der Waals surface area (Å²) in [5.41, 5.74) is 1.15. The van der Waals surface area contributed by atoms with Gasteiger partial charge in [-0.3, -0.25) is 19.1 Å². The molecule has 0 unspecified atom stereocenters. The number of amides is 1. The number of fused-ring (bicyclic) bond motifs is 1. The van der Waals surface area contributed by atoms with Gasteiger partial charge in [-0.25, -0.2) is 0 Å². The molecule has 0 radical (unpaired) electrons. The Balaban J connectivity index is 2.24. The van der Waals surface area contributed by atoms with Crippen molar-refractivity contribution in [2.75, 3.05) is 5.32 Å². The fraction of sp³-hybridized carbons (Fsp3) is 0.235. The molecule has 0 atom stereocenters. The van der Waals surface area contributed by atoms with E-state index in [4.69, 9.17) is 4.74 Å². The Hall–Kier alpha value is -2.41. The third-order valence-corrected chi connectivity index (χ3v) is 4.04. The first-order valence-corrected chi connectivity index (χ1v) is 8.12. The number of nitrogens with one attached hydrogen (secondary N) is 1. The standard InChI is InChI=1S/C17H16BrN3O3/c1-10(22)20-11-6-13(18)16(23)21(9-11)14-7-17(2,3)24-15-8-19-5-4-12(14)15/h4-9H,1-3H3,(H,20,22). The molecule has 1 aliphatic rings. The maximum absolute atomic E-state index is 12.6. The molecule has 3 heterocycles. The molecule has 0 saturated carbocycles. The number of aromatic nitrogens is 2. The molecular formula is C17H16BrN3O3. The summed E-state index contributed by atoms with van der Waals surface area (Å²) >= 11 is 3.27. The van der Waals surface area contributed by atoms with Crippen molar-refractivity contribution in [3.63, 3.8) is 0 Å². The third kappa shape index (κ3) is 3.12. The average molecular weight is 390 g/mol. The Morgan fingerprint density at radius 2 is 2.17 bits per heavy atom. The van der Waals surface area contributed by atoms with Crippen molar-refractivity contribution in [3.8, 4) is 5.75 Å². The van der Waals surface area contributed by atoms with E-state index >= 15 is 0 Å². The van der Waals surface area contributed by atoms with Crippen molar-refractivity contribution in [1.82, 2.24) is 9.55 Å². The van der Waals surface area contributed by atoms with Crippen molar-refractivity contribution in [2.45, 2.75) is 26.4 Å². The SMILES string of the molecule is CC(=O)Nc1cc(Br)c(=O)n(C2=CC(C)(C)Oc3cnccc32)c1. The highest BCUT2D eigenvalue weighted by Crippen LogP contribution is 2.35. The normalized spacial score (nSPS) is 15.1. The molecule has 0 saturated heterocycles. The summed E-state index contributed by atoms with van der Waals surface area (Å²) in [4.78, 5) is 28.1. The minimum atomic E-state index is -0.596. The molecule has 1 aliphatic heterocycles. The highest BCUT2D eigenvalue weighted by Gasteiger charge is 2.28. The van der Waals surface area contributed by atoms with E-state index in [9.17, 15) is 9.59 Å². The third-order valence-electron chi connectivity index (χ3n) is 3.47. The summed E-state index contributed by atoms with van der Waals surface area (Å²) in [6.07, 6.45) is 6.75. The van der Waals surface area contributed by atoms with E-state index in [1.54, 1.807) is 30.7 Å². The van der Waals surface area contributed by atoms with Gasteiger partial charge in [0, 0.05) is 24.9 Å². The summed E-state index contributed by atoms with van der Waals surface area (Å²) in [5.74, 6) is 0.394. The number of carbonyl (C=O) groups excluding carboxylic acids is 1. The van der Waals surface area contributed by atoms with Gasteiger partial charge in [0.15, 0.2) is 0 Å². The first-order valence-electron chi connectivity index (χ1n) is 7.33. The molecule has 3 rings (SSSR count). The number of nitrogens with zero attached hydrogens (tertiary/aromatic N) is 2. The van der Waals surface area contributed by atoms with Crippen molar-refractivity contribution in [2.24, 2.45) is 0 Å². The zero-order valence-corrected chi connectivity index (χ0v) is 15.0. The Kier molecular flexibility index (Phi) is 4.04. The molecule has 0 aromatic carbocycles. The number of pyridine rings is 2. The second-order valence-corrected chi connectivity index (χ2v) is 6.89. The molecule has 1 N–H and O–H groups in total. The van der Waals surface area contributed by atoms with Gasteiger partial charge < -0.3 is 10.1 Å². The van der Waals surface area contributed by atoms with E-state index in [0.717, 1.165) is 5.56 Å². The van der Waals surface area contributed by atoms with Crippen LogP contribution in [-0.2, 0) is 4.79 Å². The van der Waals surface area contributed by atoms with Crippen LogP contribution in [0.1, 0.15) is 26.3 Å². The Morgan fingerprint density at radius 1 is 1.42 bits per heavy atom. The first-order chi connectivity index (χ1) is 11.3. The molecule has 6 nitrogen and oxygen atoms in total. The molecule has 124 valence electrons. The summed E-state index contributed by atoms with van der Waals surface area (Å²) in [5, 5.41) is 2.70. The second kappa shape index (κ2) is 5.90.